The third-order valence-electron chi connectivity index (χ3n) is 3.74. The average Bonchev–Trinajstić information content (AvgIpc) is 2.84. The minimum Gasteiger partial charge on any atom is -0.456 e. The van der Waals surface area contributed by atoms with Crippen molar-refractivity contribution in [3.8, 4) is 0 Å². The Kier molecular flexibility index (Phi) is 3.93. The van der Waals surface area contributed by atoms with Gasteiger partial charge in [-0.1, -0.05) is 31.5 Å². The second kappa shape index (κ2) is 5.74. The fourth-order valence-corrected chi connectivity index (χ4v) is 4.00. The van der Waals surface area contributed by atoms with Gasteiger partial charge in [-0.25, -0.2) is 13.1 Å². The van der Waals surface area contributed by atoms with Gasteiger partial charge in [0.25, 0.3) is 0 Å². The van der Waals surface area contributed by atoms with Crippen molar-refractivity contribution in [1.29, 1.82) is 0 Å². The minimum atomic E-state index is -3.51. The summed E-state index contributed by atoms with van der Waals surface area (Å²) in [5, 5.41) is 1.75. The van der Waals surface area contributed by atoms with Crippen molar-refractivity contribution in [1.82, 2.24) is 4.72 Å². The molecule has 0 bridgehead atoms. The minimum absolute atomic E-state index is 0.0770. The molecular formula is C17H19NO3S. The lowest BCUT2D eigenvalue weighted by Crippen LogP contribution is -2.32. The highest BCUT2D eigenvalue weighted by molar-refractivity contribution is 7.89. The first-order valence-corrected chi connectivity index (χ1v) is 8.93. The van der Waals surface area contributed by atoms with E-state index in [1.165, 1.54) is 0 Å². The first-order chi connectivity index (χ1) is 10.5. The summed E-state index contributed by atoms with van der Waals surface area (Å²) in [6, 6.07) is 12.5. The van der Waals surface area contributed by atoms with Crippen LogP contribution < -0.4 is 4.72 Å². The van der Waals surface area contributed by atoms with E-state index in [0.717, 1.165) is 29.2 Å². The lowest BCUT2D eigenvalue weighted by molar-refractivity contribution is 0.544. The van der Waals surface area contributed by atoms with Gasteiger partial charge in [-0.15, -0.1) is 0 Å². The number of fused-ring (bicyclic) bond motifs is 3. The summed E-state index contributed by atoms with van der Waals surface area (Å²) in [5.41, 5.74) is 1.46. The summed E-state index contributed by atoms with van der Waals surface area (Å²) < 4.78 is 33.4. The maximum atomic E-state index is 12.5. The predicted octanol–water partition coefficient (Wildman–Crippen LogP) is 4.05. The Morgan fingerprint density at radius 1 is 1.09 bits per heavy atom. The molecule has 0 fully saturated rings. The molecule has 116 valence electrons. The lowest BCUT2D eigenvalue weighted by atomic mass is 10.1. The standard InChI is InChI=1S/C17H19NO3S/c1-3-6-12(2)18-22(19,20)13-9-10-17-15(11-13)14-7-4-5-8-16(14)21-17/h4-5,7-12,18H,3,6H2,1-2H3. The van der Waals surface area contributed by atoms with Gasteiger partial charge in [0, 0.05) is 16.8 Å². The van der Waals surface area contributed by atoms with E-state index in [1.54, 1.807) is 18.2 Å². The molecule has 3 rings (SSSR count). The highest BCUT2D eigenvalue weighted by Crippen LogP contribution is 2.30. The molecule has 5 heteroatoms. The van der Waals surface area contributed by atoms with Crippen LogP contribution in [0, 0.1) is 0 Å². The molecule has 1 unspecified atom stereocenters. The van der Waals surface area contributed by atoms with Crippen molar-refractivity contribution in [3.63, 3.8) is 0 Å². The van der Waals surface area contributed by atoms with Gasteiger partial charge in [-0.3, -0.25) is 0 Å². The van der Waals surface area contributed by atoms with Gasteiger partial charge in [-0.05, 0) is 37.6 Å². The Hall–Kier alpha value is -1.85. The molecule has 0 aliphatic carbocycles. The number of para-hydroxylation sites is 1. The van der Waals surface area contributed by atoms with E-state index in [9.17, 15) is 8.42 Å². The van der Waals surface area contributed by atoms with E-state index < -0.39 is 10.0 Å². The number of furan rings is 1. The number of hydrogen-bond donors (Lipinski definition) is 1. The Labute approximate surface area is 130 Å². The number of hydrogen-bond acceptors (Lipinski definition) is 3. The first kappa shape index (κ1) is 15.1. The molecule has 1 atom stereocenters. The van der Waals surface area contributed by atoms with Gasteiger partial charge in [0.15, 0.2) is 0 Å². The second-order valence-corrected chi connectivity index (χ2v) is 7.28. The zero-order valence-corrected chi connectivity index (χ0v) is 13.5. The van der Waals surface area contributed by atoms with Gasteiger partial charge < -0.3 is 4.42 Å². The van der Waals surface area contributed by atoms with E-state index in [4.69, 9.17) is 4.42 Å². The third kappa shape index (κ3) is 2.74. The smallest absolute Gasteiger partial charge is 0.240 e. The average molecular weight is 317 g/mol. The normalized spacial score (nSPS) is 13.7. The number of nitrogens with one attached hydrogen (secondary N) is 1. The van der Waals surface area contributed by atoms with Crippen molar-refractivity contribution in [3.05, 3.63) is 42.5 Å². The van der Waals surface area contributed by atoms with E-state index in [2.05, 4.69) is 4.72 Å². The highest BCUT2D eigenvalue weighted by Gasteiger charge is 2.18. The molecule has 1 N–H and O–H groups in total. The molecule has 3 aromatic rings. The van der Waals surface area contributed by atoms with Crippen LogP contribution in [0.5, 0.6) is 0 Å². The third-order valence-corrected chi connectivity index (χ3v) is 5.32. The Morgan fingerprint density at radius 2 is 1.82 bits per heavy atom. The van der Waals surface area contributed by atoms with E-state index in [0.29, 0.717) is 5.58 Å². The zero-order chi connectivity index (χ0) is 15.7. The summed E-state index contributed by atoms with van der Waals surface area (Å²) in [7, 11) is -3.51. The van der Waals surface area contributed by atoms with Crippen molar-refractivity contribution in [2.75, 3.05) is 0 Å². The zero-order valence-electron chi connectivity index (χ0n) is 12.7. The summed E-state index contributed by atoms with van der Waals surface area (Å²) in [4.78, 5) is 0.273. The quantitative estimate of drug-likeness (QED) is 0.772. The van der Waals surface area contributed by atoms with Crippen LogP contribution in [-0.4, -0.2) is 14.5 Å². The monoisotopic (exact) mass is 317 g/mol. The lowest BCUT2D eigenvalue weighted by Gasteiger charge is -2.13. The summed E-state index contributed by atoms with van der Waals surface area (Å²) >= 11 is 0. The van der Waals surface area contributed by atoms with E-state index >= 15 is 0 Å². The molecule has 1 heterocycles. The molecule has 2 aromatic carbocycles. The number of sulfonamides is 1. The Balaban J connectivity index is 2.06. The maximum absolute atomic E-state index is 12.5. The molecule has 1 aromatic heterocycles. The summed E-state index contributed by atoms with van der Waals surface area (Å²) in [5.74, 6) is 0. The summed E-state index contributed by atoms with van der Waals surface area (Å²) in [6.07, 6.45) is 1.76. The fourth-order valence-electron chi connectivity index (χ4n) is 2.70. The van der Waals surface area contributed by atoms with Crippen LogP contribution in [-0.2, 0) is 10.0 Å². The Morgan fingerprint density at radius 3 is 2.59 bits per heavy atom. The topological polar surface area (TPSA) is 59.3 Å². The fraction of sp³-hybridized carbons (Fsp3) is 0.294. The molecular weight excluding hydrogens is 298 g/mol. The largest absolute Gasteiger partial charge is 0.456 e. The number of benzene rings is 2. The predicted molar refractivity (Wildman–Crippen MR) is 88.4 cm³/mol. The molecule has 0 saturated carbocycles. The van der Waals surface area contributed by atoms with Gasteiger partial charge in [0.1, 0.15) is 11.2 Å². The van der Waals surface area contributed by atoms with Crippen LogP contribution in [0.15, 0.2) is 51.8 Å². The van der Waals surface area contributed by atoms with Crippen molar-refractivity contribution in [2.24, 2.45) is 0 Å². The SMILES string of the molecule is CCCC(C)NS(=O)(=O)c1ccc2oc3ccccc3c2c1. The van der Waals surface area contributed by atoms with E-state index in [1.807, 2.05) is 38.1 Å². The van der Waals surface area contributed by atoms with Crippen LogP contribution in [0.3, 0.4) is 0 Å². The molecule has 0 amide bonds. The maximum Gasteiger partial charge on any atom is 0.240 e. The van der Waals surface area contributed by atoms with Crippen molar-refractivity contribution in [2.45, 2.75) is 37.6 Å². The van der Waals surface area contributed by atoms with Crippen LogP contribution >= 0.6 is 0 Å². The van der Waals surface area contributed by atoms with Gasteiger partial charge in [0.2, 0.25) is 10.0 Å². The molecule has 0 aliphatic rings. The van der Waals surface area contributed by atoms with E-state index in [-0.39, 0.29) is 10.9 Å². The molecule has 4 nitrogen and oxygen atoms in total. The van der Waals surface area contributed by atoms with Gasteiger partial charge >= 0.3 is 0 Å². The molecule has 0 aliphatic heterocycles. The Bertz CT molecular complexity index is 912. The highest BCUT2D eigenvalue weighted by atomic mass is 32.2. The van der Waals surface area contributed by atoms with Gasteiger partial charge in [0.05, 0.1) is 4.90 Å². The molecule has 0 spiro atoms. The van der Waals surface area contributed by atoms with Crippen molar-refractivity contribution >= 4 is 32.0 Å². The van der Waals surface area contributed by atoms with Gasteiger partial charge in [-0.2, -0.15) is 0 Å². The van der Waals surface area contributed by atoms with Crippen LogP contribution in [0.4, 0.5) is 0 Å². The summed E-state index contributed by atoms with van der Waals surface area (Å²) in [6.45, 7) is 3.92. The van der Waals surface area contributed by atoms with Crippen LogP contribution in [0.25, 0.3) is 21.9 Å². The molecule has 0 saturated heterocycles. The second-order valence-electron chi connectivity index (χ2n) is 5.57. The molecule has 0 radical (unpaired) electrons. The number of rotatable bonds is 5. The van der Waals surface area contributed by atoms with Crippen LogP contribution in [0.1, 0.15) is 26.7 Å². The van der Waals surface area contributed by atoms with Crippen LogP contribution in [0.2, 0.25) is 0 Å². The molecule has 22 heavy (non-hydrogen) atoms. The van der Waals surface area contributed by atoms with Crippen molar-refractivity contribution < 1.29 is 12.8 Å². The first-order valence-electron chi connectivity index (χ1n) is 7.45.